The van der Waals surface area contributed by atoms with Crippen LogP contribution in [0.5, 0.6) is 0 Å². The summed E-state index contributed by atoms with van der Waals surface area (Å²) in [6.07, 6.45) is 2.19. The van der Waals surface area contributed by atoms with Crippen molar-refractivity contribution < 1.29 is 5.11 Å². The maximum atomic E-state index is 10.2. The fraction of sp³-hybridized carbons (Fsp3) is 0.273. The Hall–Kier alpha value is -1.10. The Bertz CT molecular complexity index is 510. The molecule has 4 nitrogen and oxygen atoms in total. The zero-order valence-corrected chi connectivity index (χ0v) is 10.7. The Morgan fingerprint density at radius 2 is 2.12 bits per heavy atom. The minimum atomic E-state index is -0.852. The minimum absolute atomic E-state index is 0.385. The average Bonchev–Trinajstić information content (AvgIpc) is 2.70. The highest BCUT2D eigenvalue weighted by Crippen LogP contribution is 2.28. The molecular weight excluding hydrogens is 261 g/mol. The number of rotatable bonds is 3. The predicted octanol–water partition coefficient (Wildman–Crippen LogP) is 2.69. The van der Waals surface area contributed by atoms with Gasteiger partial charge in [0.05, 0.1) is 16.9 Å². The van der Waals surface area contributed by atoms with E-state index in [1.165, 1.54) is 12.4 Å². The number of nitrogens with zero attached hydrogens (tertiary/aromatic N) is 3. The first-order valence-corrected chi connectivity index (χ1v) is 5.89. The van der Waals surface area contributed by atoms with E-state index in [1.54, 1.807) is 16.8 Å². The molecule has 1 atom stereocenters. The summed E-state index contributed by atoms with van der Waals surface area (Å²) >= 11 is 11.7. The molecule has 17 heavy (non-hydrogen) atoms. The summed E-state index contributed by atoms with van der Waals surface area (Å²) in [7, 11) is 0. The van der Waals surface area contributed by atoms with Crippen molar-refractivity contribution in [1.82, 2.24) is 14.8 Å². The highest BCUT2D eigenvalue weighted by atomic mass is 35.5. The normalized spacial score (nSPS) is 12.7. The Labute approximate surface area is 109 Å². The van der Waals surface area contributed by atoms with Gasteiger partial charge in [-0.05, 0) is 13.0 Å². The monoisotopic (exact) mass is 271 g/mol. The maximum absolute atomic E-state index is 10.2. The van der Waals surface area contributed by atoms with Crippen molar-refractivity contribution in [3.63, 3.8) is 0 Å². The summed E-state index contributed by atoms with van der Waals surface area (Å²) < 4.78 is 1.65. The summed E-state index contributed by atoms with van der Waals surface area (Å²) in [5, 5.41) is 15.1. The van der Waals surface area contributed by atoms with Crippen LogP contribution < -0.4 is 0 Å². The fourth-order valence-corrected chi connectivity index (χ4v) is 1.96. The molecule has 2 heterocycles. The standard InChI is InChI=1S/C11H11Cl2N3O/c1-2-16-10(8(12)6-15-16)11(17)7-3-4-9(13)14-5-7/h3-6,11,17H,2H2,1H3. The summed E-state index contributed by atoms with van der Waals surface area (Å²) in [5.41, 5.74) is 1.20. The Balaban J connectivity index is 2.39. The molecule has 0 spiro atoms. The molecule has 2 rings (SSSR count). The van der Waals surface area contributed by atoms with Crippen molar-refractivity contribution in [2.45, 2.75) is 19.6 Å². The Kier molecular flexibility index (Phi) is 3.66. The van der Waals surface area contributed by atoms with Crippen LogP contribution in [0.3, 0.4) is 0 Å². The topological polar surface area (TPSA) is 50.9 Å². The second-order valence-electron chi connectivity index (χ2n) is 3.51. The molecule has 0 aromatic carbocycles. The van der Waals surface area contributed by atoms with E-state index in [4.69, 9.17) is 23.2 Å². The van der Waals surface area contributed by atoms with E-state index < -0.39 is 6.10 Å². The summed E-state index contributed by atoms with van der Waals surface area (Å²) in [6, 6.07) is 3.34. The highest BCUT2D eigenvalue weighted by Gasteiger charge is 2.19. The van der Waals surface area contributed by atoms with E-state index in [2.05, 4.69) is 10.1 Å². The quantitative estimate of drug-likeness (QED) is 0.874. The van der Waals surface area contributed by atoms with Gasteiger partial charge in [-0.2, -0.15) is 5.10 Å². The van der Waals surface area contributed by atoms with Gasteiger partial charge < -0.3 is 5.11 Å². The number of hydrogen-bond donors (Lipinski definition) is 1. The van der Waals surface area contributed by atoms with Crippen LogP contribution in [0.1, 0.15) is 24.3 Å². The predicted molar refractivity (Wildman–Crippen MR) is 66.2 cm³/mol. The molecule has 2 aromatic heterocycles. The lowest BCUT2D eigenvalue weighted by Gasteiger charge is -2.13. The summed E-state index contributed by atoms with van der Waals surface area (Å²) in [4.78, 5) is 3.93. The van der Waals surface area contributed by atoms with Crippen LogP contribution >= 0.6 is 23.2 Å². The molecule has 0 saturated heterocycles. The molecular formula is C11H11Cl2N3O. The first-order valence-electron chi connectivity index (χ1n) is 5.14. The first kappa shape index (κ1) is 12.4. The van der Waals surface area contributed by atoms with Crippen molar-refractivity contribution in [1.29, 1.82) is 0 Å². The molecule has 6 heteroatoms. The van der Waals surface area contributed by atoms with Crippen molar-refractivity contribution >= 4 is 23.2 Å². The largest absolute Gasteiger partial charge is 0.382 e. The van der Waals surface area contributed by atoms with Crippen LogP contribution in [0.25, 0.3) is 0 Å². The van der Waals surface area contributed by atoms with Gasteiger partial charge in [-0.1, -0.05) is 29.3 Å². The number of pyridine rings is 1. The van der Waals surface area contributed by atoms with Crippen LogP contribution in [0.2, 0.25) is 10.2 Å². The van der Waals surface area contributed by atoms with Gasteiger partial charge in [0.15, 0.2) is 0 Å². The van der Waals surface area contributed by atoms with E-state index in [-0.39, 0.29) is 0 Å². The van der Waals surface area contributed by atoms with Crippen LogP contribution in [0.15, 0.2) is 24.5 Å². The van der Waals surface area contributed by atoms with Gasteiger partial charge in [0, 0.05) is 18.3 Å². The van der Waals surface area contributed by atoms with Gasteiger partial charge in [0.2, 0.25) is 0 Å². The van der Waals surface area contributed by atoms with Crippen molar-refractivity contribution in [2.24, 2.45) is 0 Å². The summed E-state index contributed by atoms with van der Waals surface area (Å²) in [5.74, 6) is 0. The molecule has 0 aliphatic rings. The molecule has 1 N–H and O–H groups in total. The SMILES string of the molecule is CCn1ncc(Cl)c1C(O)c1ccc(Cl)nc1. The van der Waals surface area contributed by atoms with Crippen LogP contribution in [-0.2, 0) is 6.54 Å². The number of hydrogen-bond acceptors (Lipinski definition) is 3. The fourth-order valence-electron chi connectivity index (χ4n) is 1.60. The van der Waals surface area contributed by atoms with Crippen molar-refractivity contribution in [3.8, 4) is 0 Å². The summed E-state index contributed by atoms with van der Waals surface area (Å²) in [6.45, 7) is 2.57. The molecule has 2 aromatic rings. The third-order valence-corrected chi connectivity index (χ3v) is 2.97. The van der Waals surface area contributed by atoms with E-state index >= 15 is 0 Å². The van der Waals surface area contributed by atoms with E-state index in [0.717, 1.165) is 0 Å². The molecule has 1 unspecified atom stereocenters. The third kappa shape index (κ3) is 2.44. The van der Waals surface area contributed by atoms with Gasteiger partial charge in [-0.3, -0.25) is 4.68 Å². The molecule has 0 fully saturated rings. The van der Waals surface area contributed by atoms with Crippen LogP contribution in [0, 0.1) is 0 Å². The van der Waals surface area contributed by atoms with Crippen LogP contribution in [-0.4, -0.2) is 19.9 Å². The number of aryl methyl sites for hydroxylation is 1. The highest BCUT2D eigenvalue weighted by molar-refractivity contribution is 6.31. The van der Waals surface area contributed by atoms with Crippen molar-refractivity contribution in [3.05, 3.63) is 46.0 Å². The minimum Gasteiger partial charge on any atom is -0.382 e. The Morgan fingerprint density at radius 1 is 1.35 bits per heavy atom. The molecule has 0 aliphatic heterocycles. The lowest BCUT2D eigenvalue weighted by molar-refractivity contribution is 0.207. The van der Waals surface area contributed by atoms with Gasteiger partial charge >= 0.3 is 0 Å². The molecule has 0 amide bonds. The smallest absolute Gasteiger partial charge is 0.129 e. The van der Waals surface area contributed by atoms with Crippen LogP contribution in [0.4, 0.5) is 0 Å². The number of aliphatic hydroxyl groups excluding tert-OH is 1. The zero-order chi connectivity index (χ0) is 12.4. The molecule has 0 bridgehead atoms. The van der Waals surface area contributed by atoms with Gasteiger partial charge in [0.25, 0.3) is 0 Å². The third-order valence-electron chi connectivity index (χ3n) is 2.46. The molecule has 0 saturated carbocycles. The number of halogens is 2. The molecule has 90 valence electrons. The second kappa shape index (κ2) is 5.04. The maximum Gasteiger partial charge on any atom is 0.129 e. The lowest BCUT2D eigenvalue weighted by atomic mass is 10.1. The second-order valence-corrected chi connectivity index (χ2v) is 4.30. The van der Waals surface area contributed by atoms with E-state index in [0.29, 0.717) is 28.0 Å². The average molecular weight is 272 g/mol. The van der Waals surface area contributed by atoms with Gasteiger partial charge in [0.1, 0.15) is 11.3 Å². The van der Waals surface area contributed by atoms with Gasteiger partial charge in [-0.25, -0.2) is 4.98 Å². The van der Waals surface area contributed by atoms with E-state index in [1.807, 2.05) is 6.92 Å². The Morgan fingerprint density at radius 3 is 2.71 bits per heavy atom. The van der Waals surface area contributed by atoms with Crippen molar-refractivity contribution in [2.75, 3.05) is 0 Å². The first-order chi connectivity index (χ1) is 8.13. The lowest BCUT2D eigenvalue weighted by Crippen LogP contribution is -2.09. The molecule has 0 aliphatic carbocycles. The van der Waals surface area contributed by atoms with E-state index in [9.17, 15) is 5.11 Å². The number of aliphatic hydroxyl groups is 1. The zero-order valence-electron chi connectivity index (χ0n) is 9.14. The van der Waals surface area contributed by atoms with Gasteiger partial charge in [-0.15, -0.1) is 0 Å². The number of aromatic nitrogens is 3. The molecule has 0 radical (unpaired) electrons.